The number of piperidine rings is 1. The molecule has 2 aromatic heterocycles. The Kier molecular flexibility index (Phi) is 4.20. The fourth-order valence-corrected chi connectivity index (χ4v) is 3.07. The van der Waals surface area contributed by atoms with E-state index in [1.807, 2.05) is 25.8 Å². The first-order chi connectivity index (χ1) is 10.3. The van der Waals surface area contributed by atoms with Gasteiger partial charge in [-0.1, -0.05) is 0 Å². The molecular formula is C16H23N5. The molecule has 0 unspecified atom stereocenters. The van der Waals surface area contributed by atoms with Gasteiger partial charge in [-0.05, 0) is 43.0 Å². The summed E-state index contributed by atoms with van der Waals surface area (Å²) in [5.41, 5.74) is 2.67. The summed E-state index contributed by atoms with van der Waals surface area (Å²) in [6.45, 7) is 3.26. The Labute approximate surface area is 126 Å². The molecule has 3 heterocycles. The maximum Gasteiger partial charge on any atom is 0.125 e. The summed E-state index contributed by atoms with van der Waals surface area (Å²) < 4.78 is 2.11. The number of nitrogens with one attached hydrogen (secondary N) is 1. The number of rotatable bonds is 4. The van der Waals surface area contributed by atoms with Crippen molar-refractivity contribution in [2.75, 3.05) is 25.5 Å². The number of hydrogen-bond acceptors (Lipinski definition) is 4. The van der Waals surface area contributed by atoms with Crippen molar-refractivity contribution in [3.8, 4) is 0 Å². The van der Waals surface area contributed by atoms with Gasteiger partial charge >= 0.3 is 0 Å². The summed E-state index contributed by atoms with van der Waals surface area (Å²) in [5, 5.41) is 3.13. The van der Waals surface area contributed by atoms with Crippen LogP contribution in [-0.2, 0) is 13.6 Å². The molecule has 1 aliphatic heterocycles. The molecule has 0 aliphatic carbocycles. The lowest BCUT2D eigenvalue weighted by molar-refractivity contribution is 0.196. The molecule has 2 aromatic rings. The van der Waals surface area contributed by atoms with Gasteiger partial charge in [-0.15, -0.1) is 0 Å². The lowest BCUT2D eigenvalue weighted by Gasteiger charge is -2.33. The Hall–Kier alpha value is -1.88. The second-order valence-corrected chi connectivity index (χ2v) is 5.79. The fourth-order valence-electron chi connectivity index (χ4n) is 3.07. The molecule has 0 aromatic carbocycles. The Balaban J connectivity index is 1.69. The zero-order valence-corrected chi connectivity index (χ0v) is 12.8. The Morgan fingerprint density at radius 3 is 3.10 bits per heavy atom. The van der Waals surface area contributed by atoms with Crippen LogP contribution in [0.5, 0.6) is 0 Å². The van der Waals surface area contributed by atoms with E-state index in [1.54, 1.807) is 0 Å². The van der Waals surface area contributed by atoms with Crippen molar-refractivity contribution in [3.63, 3.8) is 0 Å². The molecule has 1 N–H and O–H groups in total. The van der Waals surface area contributed by atoms with Crippen LogP contribution in [0.1, 0.15) is 30.0 Å². The van der Waals surface area contributed by atoms with Crippen LogP contribution in [0, 0.1) is 0 Å². The van der Waals surface area contributed by atoms with Gasteiger partial charge in [-0.2, -0.15) is 0 Å². The molecule has 3 rings (SSSR count). The molecule has 0 radical (unpaired) electrons. The van der Waals surface area contributed by atoms with Gasteiger partial charge in [0.25, 0.3) is 0 Å². The van der Waals surface area contributed by atoms with Gasteiger partial charge in [0, 0.05) is 39.6 Å². The molecule has 21 heavy (non-hydrogen) atoms. The SMILES string of the molecule is CNc1cc([C@@H]2CCCN(Cc3cncn3C)C2)ccn1. The highest BCUT2D eigenvalue weighted by Gasteiger charge is 2.22. The van der Waals surface area contributed by atoms with Crippen LogP contribution in [0.25, 0.3) is 0 Å². The van der Waals surface area contributed by atoms with Crippen LogP contribution in [0.15, 0.2) is 30.9 Å². The topological polar surface area (TPSA) is 46.0 Å². The zero-order chi connectivity index (χ0) is 14.7. The van der Waals surface area contributed by atoms with Gasteiger partial charge in [0.15, 0.2) is 0 Å². The zero-order valence-electron chi connectivity index (χ0n) is 12.8. The lowest BCUT2D eigenvalue weighted by Crippen LogP contribution is -2.34. The molecule has 1 saturated heterocycles. The van der Waals surface area contributed by atoms with E-state index in [0.29, 0.717) is 5.92 Å². The average Bonchev–Trinajstić information content (AvgIpc) is 2.93. The predicted molar refractivity (Wildman–Crippen MR) is 84.2 cm³/mol. The predicted octanol–water partition coefficient (Wildman–Crippen LogP) is 2.24. The van der Waals surface area contributed by atoms with Crippen molar-refractivity contribution in [2.24, 2.45) is 7.05 Å². The highest BCUT2D eigenvalue weighted by atomic mass is 15.2. The van der Waals surface area contributed by atoms with Crippen LogP contribution in [0.3, 0.4) is 0 Å². The van der Waals surface area contributed by atoms with Crippen LogP contribution >= 0.6 is 0 Å². The number of anilines is 1. The molecular weight excluding hydrogens is 262 g/mol. The van der Waals surface area contributed by atoms with Gasteiger partial charge in [0.05, 0.1) is 12.0 Å². The van der Waals surface area contributed by atoms with Gasteiger partial charge < -0.3 is 9.88 Å². The number of aromatic nitrogens is 3. The number of nitrogens with zero attached hydrogens (tertiary/aromatic N) is 4. The maximum absolute atomic E-state index is 4.31. The van der Waals surface area contributed by atoms with Crippen molar-refractivity contribution in [3.05, 3.63) is 42.1 Å². The normalized spacial score (nSPS) is 19.6. The molecule has 0 saturated carbocycles. The third-order valence-electron chi connectivity index (χ3n) is 4.32. The second kappa shape index (κ2) is 6.26. The first-order valence-electron chi connectivity index (χ1n) is 7.57. The van der Waals surface area contributed by atoms with E-state index in [2.05, 4.69) is 43.9 Å². The van der Waals surface area contributed by atoms with Crippen molar-refractivity contribution in [1.29, 1.82) is 0 Å². The summed E-state index contributed by atoms with van der Waals surface area (Å²) in [5.74, 6) is 1.55. The third-order valence-corrected chi connectivity index (χ3v) is 4.32. The van der Waals surface area contributed by atoms with E-state index in [-0.39, 0.29) is 0 Å². The van der Waals surface area contributed by atoms with E-state index in [1.165, 1.54) is 30.6 Å². The maximum atomic E-state index is 4.31. The Morgan fingerprint density at radius 2 is 2.33 bits per heavy atom. The first-order valence-corrected chi connectivity index (χ1v) is 7.57. The highest BCUT2D eigenvalue weighted by molar-refractivity contribution is 5.38. The van der Waals surface area contributed by atoms with E-state index in [0.717, 1.165) is 18.9 Å². The smallest absolute Gasteiger partial charge is 0.125 e. The molecule has 1 aliphatic rings. The molecule has 0 spiro atoms. The highest BCUT2D eigenvalue weighted by Crippen LogP contribution is 2.28. The largest absolute Gasteiger partial charge is 0.373 e. The number of likely N-dealkylation sites (tertiary alicyclic amines) is 1. The van der Waals surface area contributed by atoms with Crippen molar-refractivity contribution < 1.29 is 0 Å². The van der Waals surface area contributed by atoms with Crippen LogP contribution in [0.2, 0.25) is 0 Å². The van der Waals surface area contributed by atoms with Gasteiger partial charge in [0.2, 0.25) is 0 Å². The van der Waals surface area contributed by atoms with E-state index in [4.69, 9.17) is 0 Å². The molecule has 0 bridgehead atoms. The molecule has 1 fully saturated rings. The number of aryl methyl sites for hydroxylation is 1. The average molecular weight is 285 g/mol. The van der Waals surface area contributed by atoms with Crippen molar-refractivity contribution in [1.82, 2.24) is 19.4 Å². The summed E-state index contributed by atoms with van der Waals surface area (Å²) in [7, 11) is 3.98. The minimum Gasteiger partial charge on any atom is -0.373 e. The van der Waals surface area contributed by atoms with Gasteiger partial charge in [-0.25, -0.2) is 9.97 Å². The van der Waals surface area contributed by atoms with Crippen LogP contribution in [-0.4, -0.2) is 39.6 Å². The molecule has 112 valence electrons. The first kappa shape index (κ1) is 14.1. The summed E-state index contributed by atoms with van der Waals surface area (Å²) in [4.78, 5) is 11.0. The quantitative estimate of drug-likeness (QED) is 0.936. The number of imidazole rings is 1. The fraction of sp³-hybridized carbons (Fsp3) is 0.500. The molecule has 1 atom stereocenters. The van der Waals surface area contributed by atoms with Crippen molar-refractivity contribution in [2.45, 2.75) is 25.3 Å². The summed E-state index contributed by atoms with van der Waals surface area (Å²) >= 11 is 0. The minimum absolute atomic E-state index is 0.599. The number of hydrogen-bond donors (Lipinski definition) is 1. The van der Waals surface area contributed by atoms with E-state index >= 15 is 0 Å². The summed E-state index contributed by atoms with van der Waals surface area (Å²) in [6, 6.07) is 4.33. The van der Waals surface area contributed by atoms with Gasteiger partial charge in [-0.3, -0.25) is 4.90 Å². The van der Waals surface area contributed by atoms with Crippen molar-refractivity contribution >= 4 is 5.82 Å². The number of pyridine rings is 1. The Morgan fingerprint density at radius 1 is 1.43 bits per heavy atom. The molecule has 0 amide bonds. The van der Waals surface area contributed by atoms with Gasteiger partial charge in [0.1, 0.15) is 5.82 Å². The molecule has 5 nitrogen and oxygen atoms in total. The monoisotopic (exact) mass is 285 g/mol. The Bertz CT molecular complexity index is 592. The minimum atomic E-state index is 0.599. The standard InChI is InChI=1S/C16H23N5/c1-17-16-8-13(5-6-19-16)14-4-3-7-21(10-14)11-15-9-18-12-20(15)2/h5-6,8-9,12,14H,3-4,7,10-11H2,1-2H3,(H,17,19)/t14-/m1/s1. The lowest BCUT2D eigenvalue weighted by atomic mass is 9.91. The van der Waals surface area contributed by atoms with E-state index < -0.39 is 0 Å². The van der Waals surface area contributed by atoms with Crippen LogP contribution in [0.4, 0.5) is 5.82 Å². The third kappa shape index (κ3) is 3.24. The molecule has 5 heteroatoms. The second-order valence-electron chi connectivity index (χ2n) is 5.79. The van der Waals surface area contributed by atoms with E-state index in [9.17, 15) is 0 Å². The summed E-state index contributed by atoms with van der Waals surface area (Å²) in [6.07, 6.45) is 8.25. The van der Waals surface area contributed by atoms with Crippen LogP contribution < -0.4 is 5.32 Å².